The van der Waals surface area contributed by atoms with Crippen LogP contribution in [0.4, 0.5) is 0 Å². The molecule has 0 amide bonds. The maximum Gasteiger partial charge on any atom is 0.302 e. The van der Waals surface area contributed by atoms with Gasteiger partial charge >= 0.3 is 5.97 Å². The molecule has 4 heteroatoms. The fourth-order valence-corrected chi connectivity index (χ4v) is 1.81. The second-order valence-electron chi connectivity index (χ2n) is 3.23. The molecule has 2 atom stereocenters. The van der Waals surface area contributed by atoms with Crippen LogP contribution in [0.1, 0.15) is 19.8 Å². The van der Waals surface area contributed by atoms with Crippen LogP contribution in [0.3, 0.4) is 0 Å². The largest absolute Gasteiger partial charge is 0.462 e. The maximum atomic E-state index is 10.6. The van der Waals surface area contributed by atoms with Crippen LogP contribution < -0.4 is 0 Å². The van der Waals surface area contributed by atoms with E-state index in [0.29, 0.717) is 6.79 Å². The van der Waals surface area contributed by atoms with E-state index in [1.165, 1.54) is 6.92 Å². The number of ether oxygens (including phenoxy) is 3. The molecule has 0 aromatic rings. The van der Waals surface area contributed by atoms with Crippen LogP contribution in [0.5, 0.6) is 0 Å². The van der Waals surface area contributed by atoms with Gasteiger partial charge in [-0.2, -0.15) is 0 Å². The van der Waals surface area contributed by atoms with Crippen molar-refractivity contribution in [2.45, 2.75) is 38.1 Å². The first-order valence-electron chi connectivity index (χ1n) is 4.16. The summed E-state index contributed by atoms with van der Waals surface area (Å²) in [5.41, 5.74) is 0. The van der Waals surface area contributed by atoms with Crippen molar-refractivity contribution in [1.29, 1.82) is 0 Å². The van der Waals surface area contributed by atoms with Crippen molar-refractivity contribution >= 4 is 5.97 Å². The van der Waals surface area contributed by atoms with Crippen molar-refractivity contribution in [2.24, 2.45) is 0 Å². The Labute approximate surface area is 70.8 Å². The fourth-order valence-electron chi connectivity index (χ4n) is 1.81. The van der Waals surface area contributed by atoms with Crippen molar-refractivity contribution in [3.05, 3.63) is 0 Å². The molecule has 1 saturated heterocycles. The van der Waals surface area contributed by atoms with Gasteiger partial charge in [0.2, 0.25) is 0 Å². The first-order valence-corrected chi connectivity index (χ1v) is 4.16. The first kappa shape index (κ1) is 8.01. The van der Waals surface area contributed by atoms with E-state index in [9.17, 15) is 4.79 Å². The third-order valence-electron chi connectivity index (χ3n) is 2.30. The van der Waals surface area contributed by atoms with Gasteiger partial charge < -0.3 is 14.2 Å². The summed E-state index contributed by atoms with van der Waals surface area (Å²) >= 11 is 0. The smallest absolute Gasteiger partial charge is 0.302 e. The average molecular weight is 172 g/mol. The minimum Gasteiger partial charge on any atom is -0.462 e. The lowest BCUT2D eigenvalue weighted by Crippen LogP contribution is -2.14. The maximum absolute atomic E-state index is 10.6. The van der Waals surface area contributed by atoms with Crippen LogP contribution in [0.2, 0.25) is 0 Å². The van der Waals surface area contributed by atoms with E-state index in [2.05, 4.69) is 0 Å². The van der Waals surface area contributed by atoms with E-state index < -0.39 is 0 Å². The lowest BCUT2D eigenvalue weighted by atomic mass is 10.3. The standard InChI is InChI=1S/C8H12O4/c1-5(9)12-6-2-7-8(3-6)11-4-10-7/h6-8H,2-4H2,1H3. The molecule has 0 aromatic heterocycles. The molecule has 2 unspecified atom stereocenters. The number of fused-ring (bicyclic) bond motifs is 1. The molecular formula is C8H12O4. The normalized spacial score (nSPS) is 39.6. The first-order chi connectivity index (χ1) is 5.75. The second-order valence-corrected chi connectivity index (χ2v) is 3.23. The van der Waals surface area contributed by atoms with Gasteiger partial charge in [0.05, 0.1) is 12.2 Å². The molecule has 0 aromatic carbocycles. The summed E-state index contributed by atoms with van der Waals surface area (Å²) in [7, 11) is 0. The van der Waals surface area contributed by atoms with Crippen LogP contribution >= 0.6 is 0 Å². The molecule has 1 aliphatic heterocycles. The van der Waals surface area contributed by atoms with Gasteiger partial charge in [0.25, 0.3) is 0 Å². The highest BCUT2D eigenvalue weighted by atomic mass is 16.7. The Kier molecular flexibility index (Phi) is 2.02. The molecule has 2 fully saturated rings. The summed E-state index contributed by atoms with van der Waals surface area (Å²) in [6.45, 7) is 1.82. The fraction of sp³-hybridized carbons (Fsp3) is 0.875. The molecule has 12 heavy (non-hydrogen) atoms. The Morgan fingerprint density at radius 3 is 2.42 bits per heavy atom. The van der Waals surface area contributed by atoms with E-state index in [1.54, 1.807) is 0 Å². The molecule has 0 N–H and O–H groups in total. The van der Waals surface area contributed by atoms with Gasteiger partial charge in [-0.25, -0.2) is 0 Å². The zero-order valence-corrected chi connectivity index (χ0v) is 6.99. The zero-order chi connectivity index (χ0) is 8.55. The molecule has 1 heterocycles. The Bertz CT molecular complexity index is 179. The van der Waals surface area contributed by atoms with E-state index >= 15 is 0 Å². The predicted molar refractivity (Wildman–Crippen MR) is 39.4 cm³/mol. The number of hydrogen-bond acceptors (Lipinski definition) is 4. The summed E-state index contributed by atoms with van der Waals surface area (Å²) in [5, 5.41) is 0. The highest BCUT2D eigenvalue weighted by Crippen LogP contribution is 2.31. The Morgan fingerprint density at radius 2 is 1.92 bits per heavy atom. The van der Waals surface area contributed by atoms with Gasteiger partial charge in [-0.1, -0.05) is 0 Å². The summed E-state index contributed by atoms with van der Waals surface area (Å²) in [4.78, 5) is 10.6. The lowest BCUT2D eigenvalue weighted by Gasteiger charge is -2.10. The molecule has 0 bridgehead atoms. The number of carbonyl (C=O) groups excluding carboxylic acids is 1. The van der Waals surface area contributed by atoms with Crippen molar-refractivity contribution in [3.63, 3.8) is 0 Å². The molecule has 4 nitrogen and oxygen atoms in total. The minimum atomic E-state index is -0.222. The van der Waals surface area contributed by atoms with Crippen molar-refractivity contribution in [2.75, 3.05) is 6.79 Å². The van der Waals surface area contributed by atoms with Crippen molar-refractivity contribution in [3.8, 4) is 0 Å². The molecule has 1 aliphatic carbocycles. The third kappa shape index (κ3) is 1.44. The van der Waals surface area contributed by atoms with E-state index in [-0.39, 0.29) is 24.3 Å². The van der Waals surface area contributed by atoms with E-state index in [0.717, 1.165) is 12.8 Å². The molecule has 0 spiro atoms. The Balaban J connectivity index is 1.86. The van der Waals surface area contributed by atoms with Gasteiger partial charge in [-0.05, 0) is 0 Å². The molecule has 2 rings (SSSR count). The lowest BCUT2D eigenvalue weighted by molar-refractivity contribution is -0.147. The predicted octanol–water partition coefficient (Wildman–Crippen LogP) is 0.453. The summed E-state index contributed by atoms with van der Waals surface area (Å²) < 4.78 is 15.6. The number of hydrogen-bond donors (Lipinski definition) is 0. The quantitative estimate of drug-likeness (QED) is 0.539. The SMILES string of the molecule is CC(=O)OC1CC2OCOC2C1. The van der Waals surface area contributed by atoms with Crippen LogP contribution in [-0.4, -0.2) is 31.1 Å². The van der Waals surface area contributed by atoms with Crippen LogP contribution in [0.25, 0.3) is 0 Å². The number of rotatable bonds is 1. The monoisotopic (exact) mass is 172 g/mol. The zero-order valence-electron chi connectivity index (χ0n) is 6.99. The molecule has 1 saturated carbocycles. The van der Waals surface area contributed by atoms with Gasteiger partial charge in [0.1, 0.15) is 12.9 Å². The molecule has 68 valence electrons. The van der Waals surface area contributed by atoms with Crippen molar-refractivity contribution < 1.29 is 19.0 Å². The highest BCUT2D eigenvalue weighted by molar-refractivity contribution is 5.66. The minimum absolute atomic E-state index is 0.00204. The van der Waals surface area contributed by atoms with Gasteiger partial charge in [-0.15, -0.1) is 0 Å². The van der Waals surface area contributed by atoms with Gasteiger partial charge in [0, 0.05) is 19.8 Å². The Hall–Kier alpha value is -0.610. The van der Waals surface area contributed by atoms with Crippen LogP contribution in [-0.2, 0) is 19.0 Å². The topological polar surface area (TPSA) is 44.8 Å². The number of carbonyl (C=O) groups is 1. The van der Waals surface area contributed by atoms with Crippen molar-refractivity contribution in [1.82, 2.24) is 0 Å². The highest BCUT2D eigenvalue weighted by Gasteiger charge is 2.41. The molecule has 0 radical (unpaired) electrons. The van der Waals surface area contributed by atoms with Gasteiger partial charge in [-0.3, -0.25) is 4.79 Å². The third-order valence-corrected chi connectivity index (χ3v) is 2.30. The molecule has 2 aliphatic rings. The van der Waals surface area contributed by atoms with Crippen LogP contribution in [0.15, 0.2) is 0 Å². The Morgan fingerprint density at radius 1 is 1.33 bits per heavy atom. The second kappa shape index (κ2) is 3.03. The average Bonchev–Trinajstić information content (AvgIpc) is 2.43. The van der Waals surface area contributed by atoms with Crippen LogP contribution in [0, 0.1) is 0 Å². The summed E-state index contributed by atoms with van der Waals surface area (Å²) in [6.07, 6.45) is 1.86. The summed E-state index contributed by atoms with van der Waals surface area (Å²) in [6, 6.07) is 0. The molecular weight excluding hydrogens is 160 g/mol. The van der Waals surface area contributed by atoms with E-state index in [1.807, 2.05) is 0 Å². The van der Waals surface area contributed by atoms with E-state index in [4.69, 9.17) is 14.2 Å². The summed E-state index contributed by atoms with van der Waals surface area (Å²) in [5.74, 6) is -0.222. The number of esters is 1. The van der Waals surface area contributed by atoms with Gasteiger partial charge in [0.15, 0.2) is 0 Å².